The van der Waals surface area contributed by atoms with Gasteiger partial charge in [-0.25, -0.2) is 0 Å². The fourth-order valence-electron chi connectivity index (χ4n) is 2.20. The molecule has 0 aromatic rings. The summed E-state index contributed by atoms with van der Waals surface area (Å²) in [6.07, 6.45) is 6.99. The zero-order valence-electron chi connectivity index (χ0n) is 8.65. The molecule has 0 saturated carbocycles. The number of rotatable bonds is 1. The van der Waals surface area contributed by atoms with Crippen molar-refractivity contribution in [1.29, 1.82) is 0 Å². The molecule has 0 saturated heterocycles. The molecule has 1 heteroatoms. The summed E-state index contributed by atoms with van der Waals surface area (Å²) in [7, 11) is 0. The Balaban J connectivity index is 2.17. The van der Waals surface area contributed by atoms with Crippen molar-refractivity contribution in [2.24, 2.45) is 0 Å². The zero-order valence-corrected chi connectivity index (χ0v) is 10.4. The van der Waals surface area contributed by atoms with Crippen molar-refractivity contribution in [3.05, 3.63) is 22.2 Å². The van der Waals surface area contributed by atoms with Gasteiger partial charge < -0.3 is 0 Å². The van der Waals surface area contributed by atoms with Crippen molar-refractivity contribution in [3.63, 3.8) is 0 Å². The van der Waals surface area contributed by atoms with E-state index in [1.165, 1.54) is 37.7 Å². The van der Waals surface area contributed by atoms with Gasteiger partial charge in [-0.2, -0.15) is 0 Å². The molecule has 0 nitrogen and oxygen atoms in total. The van der Waals surface area contributed by atoms with Gasteiger partial charge in [0.25, 0.3) is 0 Å². The van der Waals surface area contributed by atoms with Crippen LogP contribution < -0.4 is 0 Å². The van der Waals surface area contributed by atoms with Gasteiger partial charge in [-0.05, 0) is 0 Å². The molecule has 2 rings (SSSR count). The first kappa shape index (κ1) is 9.55. The standard InChI is InChI=1S/C12H18Se/c1-9(2)12(3)8-10-6-4-5-7-11(10)13-12/h1,4-8H2,2-3H3. The Kier molecular flexibility index (Phi) is 2.42. The third-order valence-corrected chi connectivity index (χ3v) is 6.86. The van der Waals surface area contributed by atoms with Crippen molar-refractivity contribution in [2.45, 2.75) is 50.3 Å². The summed E-state index contributed by atoms with van der Waals surface area (Å²) >= 11 is 0.717. The number of hydrogen-bond donors (Lipinski definition) is 0. The van der Waals surface area contributed by atoms with Crippen LogP contribution in [0.15, 0.2) is 22.2 Å². The molecule has 0 amide bonds. The first-order valence-electron chi connectivity index (χ1n) is 5.18. The van der Waals surface area contributed by atoms with Crippen LogP contribution in [0, 0.1) is 0 Å². The van der Waals surface area contributed by atoms with Crippen molar-refractivity contribution in [1.82, 2.24) is 0 Å². The average Bonchev–Trinajstić information content (AvgIpc) is 2.42. The van der Waals surface area contributed by atoms with E-state index in [0.717, 1.165) is 0 Å². The summed E-state index contributed by atoms with van der Waals surface area (Å²) in [6.45, 7) is 8.77. The van der Waals surface area contributed by atoms with Gasteiger partial charge in [0.05, 0.1) is 0 Å². The van der Waals surface area contributed by atoms with Crippen LogP contribution in [0.5, 0.6) is 0 Å². The minimum absolute atomic E-state index is 0.474. The summed E-state index contributed by atoms with van der Waals surface area (Å²) < 4.78 is 2.31. The fraction of sp³-hybridized carbons (Fsp3) is 0.667. The van der Waals surface area contributed by atoms with E-state index in [2.05, 4.69) is 20.4 Å². The molecule has 1 heterocycles. The van der Waals surface area contributed by atoms with E-state index >= 15 is 0 Å². The maximum atomic E-state index is 4.16. The van der Waals surface area contributed by atoms with E-state index in [1.54, 1.807) is 5.57 Å². The second kappa shape index (κ2) is 3.29. The normalized spacial score (nSPS) is 33.4. The van der Waals surface area contributed by atoms with Gasteiger partial charge in [-0.1, -0.05) is 0 Å². The summed E-state index contributed by atoms with van der Waals surface area (Å²) in [5, 5.41) is 0. The molecule has 1 unspecified atom stereocenters. The van der Waals surface area contributed by atoms with Crippen molar-refractivity contribution >= 4 is 15.0 Å². The summed E-state index contributed by atoms with van der Waals surface area (Å²) in [4.78, 5) is 0. The molecule has 1 atom stereocenters. The van der Waals surface area contributed by atoms with E-state index < -0.39 is 0 Å². The fourth-order valence-corrected chi connectivity index (χ4v) is 5.41. The van der Waals surface area contributed by atoms with Crippen LogP contribution in [0.4, 0.5) is 0 Å². The molecule has 0 spiro atoms. The van der Waals surface area contributed by atoms with Crippen LogP contribution in [-0.4, -0.2) is 15.0 Å². The molecule has 0 N–H and O–H groups in total. The third-order valence-electron chi connectivity index (χ3n) is 3.33. The Morgan fingerprint density at radius 2 is 2.08 bits per heavy atom. The Morgan fingerprint density at radius 3 is 2.69 bits per heavy atom. The summed E-state index contributed by atoms with van der Waals surface area (Å²) in [5.74, 6) is 0. The molecular weight excluding hydrogens is 223 g/mol. The van der Waals surface area contributed by atoms with Gasteiger partial charge in [0.2, 0.25) is 0 Å². The van der Waals surface area contributed by atoms with Gasteiger partial charge >= 0.3 is 87.4 Å². The van der Waals surface area contributed by atoms with Gasteiger partial charge in [0, 0.05) is 0 Å². The van der Waals surface area contributed by atoms with E-state index in [9.17, 15) is 0 Å². The molecule has 1 aliphatic carbocycles. The molecule has 0 aromatic carbocycles. The predicted octanol–water partition coefficient (Wildman–Crippen LogP) is 3.68. The van der Waals surface area contributed by atoms with E-state index in [1.807, 2.05) is 4.47 Å². The van der Waals surface area contributed by atoms with Crippen LogP contribution in [0.1, 0.15) is 46.0 Å². The van der Waals surface area contributed by atoms with Gasteiger partial charge in [-0.15, -0.1) is 0 Å². The van der Waals surface area contributed by atoms with Crippen LogP contribution in [0.2, 0.25) is 4.31 Å². The second-order valence-electron chi connectivity index (χ2n) is 4.52. The van der Waals surface area contributed by atoms with E-state index in [-0.39, 0.29) is 0 Å². The minimum atomic E-state index is 0.474. The van der Waals surface area contributed by atoms with Crippen LogP contribution in [-0.2, 0) is 0 Å². The van der Waals surface area contributed by atoms with Crippen LogP contribution in [0.25, 0.3) is 0 Å². The maximum absolute atomic E-state index is 4.16. The van der Waals surface area contributed by atoms with E-state index in [0.29, 0.717) is 19.3 Å². The Labute approximate surface area is 87.6 Å². The quantitative estimate of drug-likeness (QED) is 0.485. The summed E-state index contributed by atoms with van der Waals surface area (Å²) in [6, 6.07) is 0. The molecule has 13 heavy (non-hydrogen) atoms. The van der Waals surface area contributed by atoms with Gasteiger partial charge in [0.1, 0.15) is 0 Å². The summed E-state index contributed by atoms with van der Waals surface area (Å²) in [5.41, 5.74) is 3.21. The molecular formula is C12H18Se. The van der Waals surface area contributed by atoms with Crippen molar-refractivity contribution < 1.29 is 0 Å². The topological polar surface area (TPSA) is 0 Å². The zero-order chi connectivity index (χ0) is 9.47. The average molecular weight is 241 g/mol. The van der Waals surface area contributed by atoms with Crippen LogP contribution in [0.3, 0.4) is 0 Å². The Morgan fingerprint density at radius 1 is 1.38 bits per heavy atom. The molecule has 1 aliphatic heterocycles. The Bertz CT molecular complexity index is 255. The monoisotopic (exact) mass is 242 g/mol. The molecule has 0 bridgehead atoms. The Hall–Kier alpha value is -0.000519. The van der Waals surface area contributed by atoms with Gasteiger partial charge in [0.15, 0.2) is 0 Å². The predicted molar refractivity (Wildman–Crippen MR) is 59.0 cm³/mol. The van der Waals surface area contributed by atoms with Crippen molar-refractivity contribution in [3.8, 4) is 0 Å². The molecule has 0 radical (unpaired) electrons. The molecule has 0 aromatic heterocycles. The molecule has 2 aliphatic rings. The third kappa shape index (κ3) is 1.65. The number of hydrogen-bond acceptors (Lipinski definition) is 0. The molecule has 72 valence electrons. The molecule has 0 fully saturated rings. The van der Waals surface area contributed by atoms with Crippen molar-refractivity contribution in [2.75, 3.05) is 0 Å². The van der Waals surface area contributed by atoms with Crippen LogP contribution >= 0.6 is 0 Å². The SMILES string of the molecule is C=C(C)C1(C)CC2=C(CCCC2)[Se]1. The second-order valence-corrected chi connectivity index (χ2v) is 7.88. The first-order chi connectivity index (χ1) is 6.12. The first-order valence-corrected chi connectivity index (χ1v) is 6.89. The van der Waals surface area contributed by atoms with E-state index in [4.69, 9.17) is 0 Å². The number of allylic oxidation sites excluding steroid dienone is 3. The van der Waals surface area contributed by atoms with Gasteiger partial charge in [-0.3, -0.25) is 0 Å².